The molecule has 0 radical (unpaired) electrons. The Morgan fingerprint density at radius 2 is 2.11 bits per heavy atom. The van der Waals surface area contributed by atoms with E-state index in [2.05, 4.69) is 17.6 Å². The molecule has 1 amide bonds. The Hall–Kier alpha value is -1.39. The third kappa shape index (κ3) is 3.14. The van der Waals surface area contributed by atoms with E-state index in [1.807, 2.05) is 30.3 Å². The molecule has 2 rings (SSSR count). The Bertz CT molecular complexity index is 430. The molecule has 4 heteroatoms. The van der Waals surface area contributed by atoms with Gasteiger partial charge in [0.2, 0.25) is 5.91 Å². The molecule has 0 spiro atoms. The summed E-state index contributed by atoms with van der Waals surface area (Å²) in [6.45, 7) is 5.77. The maximum Gasteiger partial charge on any atom is 0.244 e. The summed E-state index contributed by atoms with van der Waals surface area (Å²) in [6, 6.07) is 9.67. The van der Waals surface area contributed by atoms with Gasteiger partial charge in [-0.1, -0.05) is 37.3 Å². The van der Waals surface area contributed by atoms with Crippen molar-refractivity contribution in [1.82, 2.24) is 10.6 Å². The van der Waals surface area contributed by atoms with Crippen LogP contribution in [0.25, 0.3) is 0 Å². The topological polar surface area (TPSA) is 67.1 Å². The van der Waals surface area contributed by atoms with E-state index < -0.39 is 5.54 Å². The first kappa shape index (κ1) is 14.0. The van der Waals surface area contributed by atoms with Crippen molar-refractivity contribution in [1.29, 1.82) is 0 Å². The third-order valence-corrected chi connectivity index (χ3v) is 3.99. The van der Waals surface area contributed by atoms with Gasteiger partial charge in [0.1, 0.15) is 5.54 Å². The standard InChI is InChI=1S/C15H23N3O/c1-11-8-9-17-10-13(11)18-14(19)15(2,16)12-6-4-3-5-7-12/h3-7,11,13,17H,8-10,16H2,1-2H3,(H,18,19). The zero-order valence-electron chi connectivity index (χ0n) is 11.6. The molecule has 1 heterocycles. The summed E-state index contributed by atoms with van der Waals surface area (Å²) in [5.41, 5.74) is 6.06. The molecule has 1 saturated heterocycles. The van der Waals surface area contributed by atoms with Gasteiger partial charge in [-0.3, -0.25) is 4.79 Å². The molecule has 1 aliphatic rings. The van der Waals surface area contributed by atoms with Gasteiger partial charge >= 0.3 is 0 Å². The Kier molecular flexibility index (Phi) is 4.22. The van der Waals surface area contributed by atoms with Crippen LogP contribution in [-0.4, -0.2) is 25.0 Å². The van der Waals surface area contributed by atoms with Crippen LogP contribution in [0.5, 0.6) is 0 Å². The van der Waals surface area contributed by atoms with E-state index >= 15 is 0 Å². The molecular formula is C15H23N3O. The van der Waals surface area contributed by atoms with Gasteiger partial charge in [0.25, 0.3) is 0 Å². The Labute approximate surface area is 114 Å². The van der Waals surface area contributed by atoms with Crippen molar-refractivity contribution in [3.05, 3.63) is 35.9 Å². The number of hydrogen-bond donors (Lipinski definition) is 3. The molecular weight excluding hydrogens is 238 g/mol. The normalized spacial score (nSPS) is 26.5. The van der Waals surface area contributed by atoms with E-state index in [-0.39, 0.29) is 11.9 Å². The molecule has 3 atom stereocenters. The van der Waals surface area contributed by atoms with Gasteiger partial charge in [0.15, 0.2) is 0 Å². The average Bonchev–Trinajstić information content (AvgIpc) is 2.42. The quantitative estimate of drug-likeness (QED) is 0.759. The van der Waals surface area contributed by atoms with Crippen LogP contribution in [0.15, 0.2) is 30.3 Å². The smallest absolute Gasteiger partial charge is 0.244 e. The number of nitrogens with one attached hydrogen (secondary N) is 2. The monoisotopic (exact) mass is 261 g/mol. The minimum atomic E-state index is -0.988. The number of carbonyl (C=O) groups is 1. The summed E-state index contributed by atoms with van der Waals surface area (Å²) in [7, 11) is 0. The number of hydrogen-bond acceptors (Lipinski definition) is 3. The number of rotatable bonds is 3. The molecule has 4 N–H and O–H groups in total. The molecule has 0 aliphatic carbocycles. The zero-order chi connectivity index (χ0) is 13.9. The molecule has 1 aromatic carbocycles. The molecule has 0 aromatic heterocycles. The SMILES string of the molecule is CC1CCNCC1NC(=O)C(C)(N)c1ccccc1. The minimum absolute atomic E-state index is 0.112. The van der Waals surface area contributed by atoms with E-state index in [1.165, 1.54) is 0 Å². The molecule has 1 aromatic rings. The van der Waals surface area contributed by atoms with Crippen molar-refractivity contribution in [3.63, 3.8) is 0 Å². The zero-order valence-corrected chi connectivity index (χ0v) is 11.6. The maximum absolute atomic E-state index is 12.4. The highest BCUT2D eigenvalue weighted by atomic mass is 16.2. The number of carbonyl (C=O) groups excluding carboxylic acids is 1. The second-order valence-corrected chi connectivity index (χ2v) is 5.62. The van der Waals surface area contributed by atoms with Crippen LogP contribution in [0.4, 0.5) is 0 Å². The van der Waals surface area contributed by atoms with Crippen LogP contribution in [0.1, 0.15) is 25.8 Å². The summed E-state index contributed by atoms with van der Waals surface area (Å²) >= 11 is 0. The van der Waals surface area contributed by atoms with Crippen LogP contribution in [0, 0.1) is 5.92 Å². The van der Waals surface area contributed by atoms with Crippen molar-refractivity contribution >= 4 is 5.91 Å². The van der Waals surface area contributed by atoms with Crippen molar-refractivity contribution in [2.45, 2.75) is 31.8 Å². The van der Waals surface area contributed by atoms with Gasteiger partial charge in [-0.2, -0.15) is 0 Å². The van der Waals surface area contributed by atoms with Crippen LogP contribution < -0.4 is 16.4 Å². The lowest BCUT2D eigenvalue weighted by atomic mass is 9.89. The lowest BCUT2D eigenvalue weighted by Gasteiger charge is -2.33. The first-order valence-electron chi connectivity index (χ1n) is 6.88. The largest absolute Gasteiger partial charge is 0.350 e. The predicted molar refractivity (Wildman–Crippen MR) is 76.6 cm³/mol. The van der Waals surface area contributed by atoms with Crippen LogP contribution in [-0.2, 0) is 10.3 Å². The van der Waals surface area contributed by atoms with Gasteiger partial charge < -0.3 is 16.4 Å². The summed E-state index contributed by atoms with van der Waals surface area (Å²) in [4.78, 5) is 12.4. The van der Waals surface area contributed by atoms with Gasteiger partial charge in [-0.25, -0.2) is 0 Å². The van der Waals surface area contributed by atoms with Crippen molar-refractivity contribution in [2.24, 2.45) is 11.7 Å². The first-order valence-corrected chi connectivity index (χ1v) is 6.88. The third-order valence-electron chi connectivity index (χ3n) is 3.99. The molecule has 1 fully saturated rings. The highest BCUT2D eigenvalue weighted by Crippen LogP contribution is 2.19. The van der Waals surface area contributed by atoms with E-state index in [0.29, 0.717) is 5.92 Å². The van der Waals surface area contributed by atoms with Crippen molar-refractivity contribution < 1.29 is 4.79 Å². The fourth-order valence-corrected chi connectivity index (χ4v) is 2.42. The fraction of sp³-hybridized carbons (Fsp3) is 0.533. The number of benzene rings is 1. The van der Waals surface area contributed by atoms with Gasteiger partial charge in [0, 0.05) is 12.6 Å². The van der Waals surface area contributed by atoms with Gasteiger partial charge in [-0.15, -0.1) is 0 Å². The summed E-state index contributed by atoms with van der Waals surface area (Å²) in [5, 5.41) is 6.39. The molecule has 104 valence electrons. The van der Waals surface area contributed by atoms with Crippen molar-refractivity contribution in [2.75, 3.05) is 13.1 Å². The lowest BCUT2D eigenvalue weighted by molar-refractivity contribution is -0.127. The van der Waals surface area contributed by atoms with Crippen LogP contribution >= 0.6 is 0 Å². The van der Waals surface area contributed by atoms with E-state index in [1.54, 1.807) is 6.92 Å². The fourth-order valence-electron chi connectivity index (χ4n) is 2.42. The Morgan fingerprint density at radius 3 is 2.74 bits per heavy atom. The molecule has 4 nitrogen and oxygen atoms in total. The van der Waals surface area contributed by atoms with Crippen LogP contribution in [0.3, 0.4) is 0 Å². The lowest BCUT2D eigenvalue weighted by Crippen LogP contribution is -2.57. The molecule has 0 saturated carbocycles. The van der Waals surface area contributed by atoms with E-state index in [4.69, 9.17) is 5.73 Å². The highest BCUT2D eigenvalue weighted by Gasteiger charge is 2.33. The Morgan fingerprint density at radius 1 is 1.42 bits per heavy atom. The predicted octanol–water partition coefficient (Wildman–Crippen LogP) is 0.975. The van der Waals surface area contributed by atoms with Crippen molar-refractivity contribution in [3.8, 4) is 0 Å². The Balaban J connectivity index is 2.06. The molecule has 1 aliphatic heterocycles. The minimum Gasteiger partial charge on any atom is -0.350 e. The van der Waals surface area contributed by atoms with Crippen LogP contribution in [0.2, 0.25) is 0 Å². The number of piperidine rings is 1. The van der Waals surface area contributed by atoms with E-state index in [9.17, 15) is 4.79 Å². The van der Waals surface area contributed by atoms with E-state index in [0.717, 1.165) is 25.1 Å². The number of amides is 1. The summed E-state index contributed by atoms with van der Waals surface area (Å²) in [6.07, 6.45) is 1.08. The number of nitrogens with two attached hydrogens (primary N) is 1. The summed E-state index contributed by atoms with van der Waals surface area (Å²) in [5.74, 6) is 0.371. The molecule has 0 bridgehead atoms. The molecule has 19 heavy (non-hydrogen) atoms. The average molecular weight is 261 g/mol. The second kappa shape index (κ2) is 5.72. The van der Waals surface area contributed by atoms with Gasteiger partial charge in [-0.05, 0) is 31.4 Å². The summed E-state index contributed by atoms with van der Waals surface area (Å²) < 4.78 is 0. The maximum atomic E-state index is 12.4. The molecule has 3 unspecified atom stereocenters. The second-order valence-electron chi connectivity index (χ2n) is 5.62. The van der Waals surface area contributed by atoms with Gasteiger partial charge in [0.05, 0.1) is 0 Å². The highest BCUT2D eigenvalue weighted by molar-refractivity contribution is 5.87. The first-order chi connectivity index (χ1) is 9.01.